The molecule has 1 heterocycles. The molecule has 1 fully saturated rings. The summed E-state index contributed by atoms with van der Waals surface area (Å²) in [5.74, 6) is 0. The Morgan fingerprint density at radius 3 is 1.42 bits per heavy atom. The summed E-state index contributed by atoms with van der Waals surface area (Å²) < 4.78 is 30.9. The predicted octanol–water partition coefficient (Wildman–Crippen LogP) is 3.17. The van der Waals surface area contributed by atoms with Gasteiger partial charge < -0.3 is 20.9 Å². The maximum Gasteiger partial charge on any atom is 0.482 e. The molecule has 0 aromatic carbocycles. The Kier molecular flexibility index (Phi) is 5.42. The minimum Gasteiger partial charge on any atom is -0.416 e. The number of rotatable bonds is 3. The smallest absolute Gasteiger partial charge is 0.416 e. The van der Waals surface area contributed by atoms with Crippen LogP contribution in [0.5, 0.6) is 0 Å². The molecule has 1 rings (SSSR count). The minimum absolute atomic E-state index is 0.811. The molecule has 0 spiro atoms. The van der Waals surface area contributed by atoms with E-state index >= 15 is 0 Å². The van der Waals surface area contributed by atoms with E-state index in [1.807, 2.05) is 26.2 Å². The van der Waals surface area contributed by atoms with Crippen molar-refractivity contribution in [2.45, 2.75) is 58.7 Å². The molecule has 114 valence electrons. The van der Waals surface area contributed by atoms with Crippen LogP contribution in [0.15, 0.2) is 0 Å². The average molecular weight is 341 g/mol. The monoisotopic (exact) mass is 340 g/mol. The highest BCUT2D eigenvalue weighted by Crippen LogP contribution is 2.33. The van der Waals surface area contributed by atoms with Crippen LogP contribution in [0.2, 0.25) is 45.3 Å². The van der Waals surface area contributed by atoms with Crippen LogP contribution in [0.4, 0.5) is 0 Å². The van der Waals surface area contributed by atoms with Crippen LogP contribution in [0, 0.1) is 0 Å². The van der Waals surface area contributed by atoms with Crippen molar-refractivity contribution >= 4 is 34.5 Å². The molecule has 0 N–H and O–H groups in total. The lowest BCUT2D eigenvalue weighted by Crippen LogP contribution is -2.66. The van der Waals surface area contributed by atoms with Crippen molar-refractivity contribution in [1.29, 1.82) is 0 Å². The zero-order valence-corrected chi connectivity index (χ0v) is 17.5. The van der Waals surface area contributed by atoms with E-state index in [9.17, 15) is 0 Å². The third kappa shape index (κ3) is 5.17. The summed E-state index contributed by atoms with van der Waals surface area (Å²) in [6, 6.07) is 0.811. The first-order chi connectivity index (χ1) is 8.45. The van der Waals surface area contributed by atoms with E-state index in [-0.39, 0.29) is 0 Å². The Morgan fingerprint density at radius 2 is 1.11 bits per heavy atom. The van der Waals surface area contributed by atoms with Gasteiger partial charge in [-0.15, -0.1) is 0 Å². The Bertz CT molecular complexity index is 299. The second-order valence-corrected chi connectivity index (χ2v) is 20.2. The Balaban J connectivity index is 3.09. The zero-order valence-electron chi connectivity index (χ0n) is 13.5. The molecule has 5 nitrogen and oxygen atoms in total. The van der Waals surface area contributed by atoms with Gasteiger partial charge in [0.2, 0.25) is 0 Å². The molecule has 0 aliphatic carbocycles. The lowest BCUT2D eigenvalue weighted by molar-refractivity contribution is 0.146. The van der Waals surface area contributed by atoms with Gasteiger partial charge in [-0.05, 0) is 39.3 Å². The van der Waals surface area contributed by atoms with Crippen molar-refractivity contribution in [3.05, 3.63) is 0 Å². The molecular weight excluding hydrogens is 312 g/mol. The molecule has 19 heavy (non-hydrogen) atoms. The van der Waals surface area contributed by atoms with Crippen LogP contribution >= 0.6 is 0 Å². The first-order valence-corrected chi connectivity index (χ1v) is 17.2. The van der Waals surface area contributed by atoms with Gasteiger partial charge in [-0.3, -0.25) is 0 Å². The topological polar surface area (TPSA) is 46.2 Å². The summed E-state index contributed by atoms with van der Waals surface area (Å²) in [5, 5.41) is 0. The summed E-state index contributed by atoms with van der Waals surface area (Å²) in [6.45, 7) is 14.4. The van der Waals surface area contributed by atoms with Crippen molar-refractivity contribution < 1.29 is 20.9 Å². The van der Waals surface area contributed by atoms with Crippen LogP contribution in [-0.2, 0) is 20.9 Å². The fraction of sp³-hybridized carbons (Fsp3) is 1.00. The van der Waals surface area contributed by atoms with E-state index in [4.69, 9.17) is 20.9 Å². The molecule has 0 radical (unpaired) electrons. The summed E-state index contributed by atoms with van der Waals surface area (Å²) in [6.07, 6.45) is 0.968. The third-order valence-electron chi connectivity index (χ3n) is 2.65. The highest BCUT2D eigenvalue weighted by Gasteiger charge is 2.55. The van der Waals surface area contributed by atoms with E-state index in [1.165, 1.54) is 0 Å². The van der Waals surface area contributed by atoms with Gasteiger partial charge in [0.05, 0.1) is 0 Å². The fourth-order valence-corrected chi connectivity index (χ4v) is 22.5. The van der Waals surface area contributed by atoms with Crippen LogP contribution in [0.3, 0.4) is 0 Å². The number of hydrogen-bond acceptors (Lipinski definition) is 5. The largest absolute Gasteiger partial charge is 0.482 e. The highest BCUT2D eigenvalue weighted by molar-refractivity contribution is 6.91. The second kappa shape index (κ2) is 5.81. The molecule has 9 heteroatoms. The lowest BCUT2D eigenvalue weighted by atomic mass is 10.6. The molecular formula is C10H28O5Si4. The molecule has 0 aromatic rings. The Hall–Kier alpha value is 0.668. The van der Waals surface area contributed by atoms with Crippen LogP contribution in [0.25, 0.3) is 0 Å². The fourth-order valence-electron chi connectivity index (χ4n) is 2.61. The van der Waals surface area contributed by atoms with Crippen molar-refractivity contribution in [3.8, 4) is 0 Å². The zero-order chi connectivity index (χ0) is 14.9. The standard InChI is InChI=1S/C10H28O5Si4/c1-9-10-19(11-2)14-17(5,6)12-16(3,4)13-18(7,8)15-19/h9-10H2,1-8H3. The van der Waals surface area contributed by atoms with Gasteiger partial charge in [-0.2, -0.15) is 0 Å². The molecule has 0 aromatic heterocycles. The Labute approximate surface area is 121 Å². The molecule has 0 atom stereocenters. The van der Waals surface area contributed by atoms with Gasteiger partial charge >= 0.3 is 34.5 Å². The van der Waals surface area contributed by atoms with Crippen LogP contribution in [-0.4, -0.2) is 41.6 Å². The first-order valence-electron chi connectivity index (χ1n) is 6.81. The summed E-state index contributed by atoms with van der Waals surface area (Å²) in [7, 11) is -7.79. The van der Waals surface area contributed by atoms with Crippen molar-refractivity contribution in [2.24, 2.45) is 0 Å². The summed E-state index contributed by atoms with van der Waals surface area (Å²) in [5.41, 5.74) is 0. The van der Waals surface area contributed by atoms with Crippen molar-refractivity contribution in [1.82, 2.24) is 0 Å². The normalized spacial score (nSPS) is 28.4. The molecule has 1 aliphatic heterocycles. The van der Waals surface area contributed by atoms with E-state index in [0.29, 0.717) is 0 Å². The van der Waals surface area contributed by atoms with Gasteiger partial charge in [-0.1, -0.05) is 13.3 Å². The minimum atomic E-state index is -2.68. The van der Waals surface area contributed by atoms with Gasteiger partial charge in [0, 0.05) is 13.2 Å². The predicted molar refractivity (Wildman–Crippen MR) is 84.6 cm³/mol. The van der Waals surface area contributed by atoms with E-state index in [2.05, 4.69) is 20.0 Å². The summed E-state index contributed by atoms with van der Waals surface area (Å²) in [4.78, 5) is 0. The maximum atomic E-state index is 6.33. The van der Waals surface area contributed by atoms with Crippen LogP contribution < -0.4 is 0 Å². The first kappa shape index (κ1) is 17.7. The third-order valence-corrected chi connectivity index (χ3v) is 18.7. The van der Waals surface area contributed by atoms with E-state index in [0.717, 1.165) is 12.5 Å². The molecule has 1 aliphatic rings. The summed E-state index contributed by atoms with van der Waals surface area (Å²) >= 11 is 0. The SMILES string of the molecule is CCC[Si]1(OC)O[Si](C)(C)O[Si](C)(C)O[Si](C)(C)O1. The van der Waals surface area contributed by atoms with Gasteiger partial charge in [0.15, 0.2) is 0 Å². The van der Waals surface area contributed by atoms with Crippen molar-refractivity contribution in [3.63, 3.8) is 0 Å². The molecule has 0 unspecified atom stereocenters. The average Bonchev–Trinajstić information content (AvgIpc) is 2.10. The highest BCUT2D eigenvalue weighted by atomic mass is 28.5. The molecule has 0 amide bonds. The van der Waals surface area contributed by atoms with Gasteiger partial charge in [0.1, 0.15) is 0 Å². The molecule has 0 bridgehead atoms. The van der Waals surface area contributed by atoms with Gasteiger partial charge in [0.25, 0.3) is 0 Å². The molecule has 0 saturated carbocycles. The maximum absolute atomic E-state index is 6.33. The quantitative estimate of drug-likeness (QED) is 0.738. The van der Waals surface area contributed by atoms with Crippen LogP contribution in [0.1, 0.15) is 13.3 Å². The van der Waals surface area contributed by atoms with Gasteiger partial charge in [-0.25, -0.2) is 0 Å². The van der Waals surface area contributed by atoms with E-state index in [1.54, 1.807) is 7.11 Å². The van der Waals surface area contributed by atoms with Crippen molar-refractivity contribution in [2.75, 3.05) is 7.11 Å². The second-order valence-electron chi connectivity index (χ2n) is 6.24. The van der Waals surface area contributed by atoms with E-state index < -0.39 is 34.5 Å². The Morgan fingerprint density at radius 1 is 0.737 bits per heavy atom. The number of hydrogen-bond donors (Lipinski definition) is 0. The molecule has 1 saturated heterocycles. The lowest BCUT2D eigenvalue weighted by Gasteiger charge is -2.47.